The number of ether oxygens (including phenoxy) is 1. The minimum absolute atomic E-state index is 0.535. The first-order chi connectivity index (χ1) is 9.78. The van der Waals surface area contributed by atoms with Crippen LogP contribution in [0.3, 0.4) is 0 Å². The smallest absolute Gasteiger partial charge is 0.213 e. The highest BCUT2D eigenvalue weighted by molar-refractivity contribution is 7.00. The Balaban J connectivity index is 1.86. The van der Waals surface area contributed by atoms with E-state index < -0.39 is 0 Å². The van der Waals surface area contributed by atoms with E-state index in [4.69, 9.17) is 16.3 Å². The zero-order chi connectivity index (χ0) is 13.9. The Labute approximate surface area is 124 Å². The van der Waals surface area contributed by atoms with Crippen LogP contribution in [0.1, 0.15) is 5.69 Å². The first-order valence-electron chi connectivity index (χ1n) is 5.92. The fraction of sp³-hybridized carbons (Fsp3) is 0.154. The monoisotopic (exact) mass is 306 g/mol. The summed E-state index contributed by atoms with van der Waals surface area (Å²) in [4.78, 5) is 4.34. The van der Waals surface area contributed by atoms with Gasteiger partial charge in [0.2, 0.25) is 5.88 Å². The van der Waals surface area contributed by atoms with E-state index in [9.17, 15) is 0 Å². The second kappa shape index (κ2) is 5.60. The Morgan fingerprint density at radius 2 is 2.15 bits per heavy atom. The fourth-order valence-electron chi connectivity index (χ4n) is 1.84. The number of fused-ring (bicyclic) bond motifs is 1. The second-order valence-corrected chi connectivity index (χ2v) is 5.01. The van der Waals surface area contributed by atoms with Crippen LogP contribution in [0.15, 0.2) is 30.3 Å². The Morgan fingerprint density at radius 1 is 1.25 bits per heavy atom. The third kappa shape index (κ3) is 2.52. The molecule has 0 bridgehead atoms. The summed E-state index contributed by atoms with van der Waals surface area (Å²) >= 11 is 7.38. The lowest BCUT2D eigenvalue weighted by Gasteiger charge is -2.09. The number of hydrogen-bond donors (Lipinski definition) is 1. The molecule has 1 N–H and O–H groups in total. The van der Waals surface area contributed by atoms with Crippen molar-refractivity contribution in [3.05, 3.63) is 41.0 Å². The maximum absolute atomic E-state index is 6.21. The van der Waals surface area contributed by atoms with Crippen molar-refractivity contribution in [2.75, 3.05) is 12.4 Å². The SMILES string of the molecule is COc1cccc(CNc2c(Cl)ccc3nsnc23)n1. The minimum atomic E-state index is 0.535. The molecule has 1 aromatic carbocycles. The van der Waals surface area contributed by atoms with Gasteiger partial charge < -0.3 is 10.1 Å². The number of hydrogen-bond acceptors (Lipinski definition) is 6. The summed E-state index contributed by atoms with van der Waals surface area (Å²) in [5, 5.41) is 3.88. The van der Waals surface area contributed by atoms with Gasteiger partial charge in [0, 0.05) is 6.07 Å². The normalized spacial score (nSPS) is 10.7. The first-order valence-corrected chi connectivity index (χ1v) is 7.03. The van der Waals surface area contributed by atoms with E-state index in [1.807, 2.05) is 30.3 Å². The molecule has 2 aromatic heterocycles. The molecule has 0 saturated heterocycles. The molecule has 0 aliphatic carbocycles. The van der Waals surface area contributed by atoms with Crippen LogP contribution in [0.2, 0.25) is 5.02 Å². The number of anilines is 1. The highest BCUT2D eigenvalue weighted by atomic mass is 35.5. The zero-order valence-corrected chi connectivity index (χ0v) is 12.2. The number of benzene rings is 1. The topological polar surface area (TPSA) is 59.9 Å². The average molecular weight is 307 g/mol. The van der Waals surface area contributed by atoms with E-state index in [0.717, 1.165) is 22.4 Å². The number of methoxy groups -OCH3 is 1. The Hall–Kier alpha value is -1.92. The van der Waals surface area contributed by atoms with Crippen LogP contribution in [-0.2, 0) is 6.54 Å². The van der Waals surface area contributed by atoms with Crippen LogP contribution in [0.4, 0.5) is 5.69 Å². The molecule has 0 fully saturated rings. The highest BCUT2D eigenvalue weighted by Gasteiger charge is 2.09. The molecule has 0 radical (unpaired) electrons. The van der Waals surface area contributed by atoms with Gasteiger partial charge in [0.1, 0.15) is 11.0 Å². The van der Waals surface area contributed by atoms with Crippen molar-refractivity contribution in [2.45, 2.75) is 6.54 Å². The van der Waals surface area contributed by atoms with Gasteiger partial charge in [0.15, 0.2) is 0 Å². The Morgan fingerprint density at radius 3 is 3.00 bits per heavy atom. The maximum Gasteiger partial charge on any atom is 0.213 e. The highest BCUT2D eigenvalue weighted by Crippen LogP contribution is 2.30. The molecule has 102 valence electrons. The predicted molar refractivity (Wildman–Crippen MR) is 80.5 cm³/mol. The van der Waals surface area contributed by atoms with Gasteiger partial charge in [-0.1, -0.05) is 17.7 Å². The van der Waals surface area contributed by atoms with Gasteiger partial charge in [-0.05, 0) is 18.2 Å². The summed E-state index contributed by atoms with van der Waals surface area (Å²) in [6.07, 6.45) is 0. The lowest BCUT2D eigenvalue weighted by atomic mass is 10.2. The summed E-state index contributed by atoms with van der Waals surface area (Å²) in [6.45, 7) is 0.535. The summed E-state index contributed by atoms with van der Waals surface area (Å²) in [6, 6.07) is 9.29. The third-order valence-corrected chi connectivity index (χ3v) is 3.67. The van der Waals surface area contributed by atoms with E-state index in [1.165, 1.54) is 11.7 Å². The largest absolute Gasteiger partial charge is 0.481 e. The van der Waals surface area contributed by atoms with Crippen molar-refractivity contribution in [3.63, 3.8) is 0 Å². The Bertz CT molecular complexity index is 746. The summed E-state index contributed by atoms with van der Waals surface area (Å²) in [5.74, 6) is 0.587. The van der Waals surface area contributed by atoms with E-state index in [-0.39, 0.29) is 0 Å². The number of pyridine rings is 1. The molecule has 0 spiro atoms. The molecule has 0 amide bonds. The number of halogens is 1. The summed E-state index contributed by atoms with van der Waals surface area (Å²) < 4.78 is 13.6. The second-order valence-electron chi connectivity index (χ2n) is 4.08. The van der Waals surface area contributed by atoms with Gasteiger partial charge in [0.05, 0.1) is 41.8 Å². The zero-order valence-electron chi connectivity index (χ0n) is 10.6. The van der Waals surface area contributed by atoms with Crippen molar-refractivity contribution in [1.29, 1.82) is 0 Å². The average Bonchev–Trinajstić information content (AvgIpc) is 2.95. The lowest BCUT2D eigenvalue weighted by Crippen LogP contribution is -2.03. The van der Waals surface area contributed by atoms with E-state index in [1.54, 1.807) is 7.11 Å². The van der Waals surface area contributed by atoms with Crippen LogP contribution < -0.4 is 10.1 Å². The van der Waals surface area contributed by atoms with Gasteiger partial charge in [-0.15, -0.1) is 0 Å². The standard InChI is InChI=1S/C13H11ClN4OS/c1-19-11-4-2-3-8(16-11)7-15-12-9(14)5-6-10-13(12)18-20-17-10/h2-6,15H,7H2,1H3. The molecule has 7 heteroatoms. The van der Waals surface area contributed by atoms with Gasteiger partial charge in [-0.25, -0.2) is 4.98 Å². The molecule has 0 aliphatic heterocycles. The fourth-order valence-corrected chi connectivity index (χ4v) is 2.61. The van der Waals surface area contributed by atoms with Crippen LogP contribution in [-0.4, -0.2) is 20.8 Å². The van der Waals surface area contributed by atoms with Crippen LogP contribution >= 0.6 is 23.3 Å². The molecular weight excluding hydrogens is 296 g/mol. The molecule has 0 atom stereocenters. The van der Waals surface area contributed by atoms with Crippen LogP contribution in [0.5, 0.6) is 5.88 Å². The van der Waals surface area contributed by atoms with Gasteiger partial charge in [-0.3, -0.25) is 0 Å². The van der Waals surface area contributed by atoms with Gasteiger partial charge in [-0.2, -0.15) is 8.75 Å². The summed E-state index contributed by atoms with van der Waals surface area (Å²) in [5.41, 5.74) is 3.26. The lowest BCUT2D eigenvalue weighted by molar-refractivity contribution is 0.396. The quantitative estimate of drug-likeness (QED) is 0.801. The van der Waals surface area contributed by atoms with Crippen LogP contribution in [0, 0.1) is 0 Å². The molecule has 0 unspecified atom stereocenters. The van der Waals surface area contributed by atoms with Gasteiger partial charge in [0.25, 0.3) is 0 Å². The molecule has 2 heterocycles. The molecule has 3 aromatic rings. The third-order valence-electron chi connectivity index (χ3n) is 2.81. The number of nitrogens with zero attached hydrogens (tertiary/aromatic N) is 3. The van der Waals surface area contributed by atoms with E-state index in [0.29, 0.717) is 17.4 Å². The molecule has 5 nitrogen and oxygen atoms in total. The molecular formula is C13H11ClN4OS. The van der Waals surface area contributed by atoms with Crippen LogP contribution in [0.25, 0.3) is 11.0 Å². The van der Waals surface area contributed by atoms with Crippen molar-refractivity contribution >= 4 is 40.0 Å². The number of rotatable bonds is 4. The first kappa shape index (κ1) is 13.1. The molecule has 3 rings (SSSR count). The molecule has 20 heavy (non-hydrogen) atoms. The van der Waals surface area contributed by atoms with Crippen molar-refractivity contribution in [2.24, 2.45) is 0 Å². The van der Waals surface area contributed by atoms with Crippen molar-refractivity contribution in [3.8, 4) is 5.88 Å². The number of aromatic nitrogens is 3. The molecule has 0 saturated carbocycles. The van der Waals surface area contributed by atoms with Crippen molar-refractivity contribution < 1.29 is 4.74 Å². The van der Waals surface area contributed by atoms with E-state index >= 15 is 0 Å². The molecule has 0 aliphatic rings. The van der Waals surface area contributed by atoms with E-state index in [2.05, 4.69) is 19.0 Å². The van der Waals surface area contributed by atoms with Crippen molar-refractivity contribution in [1.82, 2.24) is 13.7 Å². The minimum Gasteiger partial charge on any atom is -0.481 e. The van der Waals surface area contributed by atoms with Gasteiger partial charge >= 0.3 is 0 Å². The summed E-state index contributed by atoms with van der Waals surface area (Å²) in [7, 11) is 1.60. The maximum atomic E-state index is 6.21. The Kier molecular flexibility index (Phi) is 3.66. The number of nitrogens with one attached hydrogen (secondary N) is 1. The predicted octanol–water partition coefficient (Wildman–Crippen LogP) is 3.36.